The number of likely N-dealkylation sites (N-methyl/N-ethyl adjacent to an activating group) is 1. The molecule has 1 rings (SSSR count). The molecular formula is C14H31N3. The van der Waals surface area contributed by atoms with E-state index in [1.165, 1.54) is 65.0 Å². The average Bonchev–Trinajstić information content (AvgIpc) is 2.34. The maximum Gasteiger partial charge on any atom is 0.0110 e. The van der Waals surface area contributed by atoms with Gasteiger partial charge in [-0.05, 0) is 39.9 Å². The van der Waals surface area contributed by atoms with E-state index in [0.717, 1.165) is 0 Å². The zero-order valence-electron chi connectivity index (χ0n) is 12.0. The maximum absolute atomic E-state index is 3.63. The Hall–Kier alpha value is -0.120. The van der Waals surface area contributed by atoms with Gasteiger partial charge in [0.15, 0.2) is 0 Å². The third-order valence-corrected chi connectivity index (χ3v) is 3.73. The minimum Gasteiger partial charge on any atom is -0.314 e. The Bertz CT molecular complexity index is 176. The second kappa shape index (κ2) is 8.90. The Morgan fingerprint density at radius 1 is 1.12 bits per heavy atom. The number of rotatable bonds is 8. The van der Waals surface area contributed by atoms with Gasteiger partial charge >= 0.3 is 0 Å². The smallest absolute Gasteiger partial charge is 0.0110 e. The van der Waals surface area contributed by atoms with Gasteiger partial charge in [-0.15, -0.1) is 0 Å². The number of unbranched alkanes of at least 4 members (excludes halogenated alkanes) is 1. The lowest BCUT2D eigenvalue weighted by Gasteiger charge is -2.32. The standard InChI is InChI=1S/C14H31N3/c1-4-5-7-14(2)15-8-6-9-17-12-10-16(3)11-13-17/h14-15H,4-13H2,1-3H3. The Labute approximate surface area is 108 Å². The largest absolute Gasteiger partial charge is 0.314 e. The van der Waals surface area contributed by atoms with Crippen LogP contribution in [0.15, 0.2) is 0 Å². The van der Waals surface area contributed by atoms with Crippen LogP contribution in [0.5, 0.6) is 0 Å². The zero-order chi connectivity index (χ0) is 12.5. The van der Waals surface area contributed by atoms with E-state index in [-0.39, 0.29) is 0 Å². The van der Waals surface area contributed by atoms with E-state index < -0.39 is 0 Å². The molecule has 1 atom stereocenters. The highest BCUT2D eigenvalue weighted by atomic mass is 15.2. The molecular weight excluding hydrogens is 210 g/mol. The van der Waals surface area contributed by atoms with Gasteiger partial charge in [-0.3, -0.25) is 0 Å². The number of hydrogen-bond acceptors (Lipinski definition) is 3. The normalized spacial score (nSPS) is 20.6. The highest BCUT2D eigenvalue weighted by Gasteiger charge is 2.12. The van der Waals surface area contributed by atoms with Crippen molar-refractivity contribution in [2.45, 2.75) is 45.6 Å². The summed E-state index contributed by atoms with van der Waals surface area (Å²) in [5, 5.41) is 3.63. The van der Waals surface area contributed by atoms with Gasteiger partial charge < -0.3 is 15.1 Å². The van der Waals surface area contributed by atoms with Crippen molar-refractivity contribution in [1.82, 2.24) is 15.1 Å². The lowest BCUT2D eigenvalue weighted by molar-refractivity contribution is 0.152. The summed E-state index contributed by atoms with van der Waals surface area (Å²) in [5.41, 5.74) is 0. The number of nitrogens with one attached hydrogen (secondary N) is 1. The first-order valence-electron chi connectivity index (χ1n) is 7.36. The molecule has 0 spiro atoms. The van der Waals surface area contributed by atoms with Gasteiger partial charge in [0.05, 0.1) is 0 Å². The number of hydrogen-bond donors (Lipinski definition) is 1. The SMILES string of the molecule is CCCCC(C)NCCCN1CCN(C)CC1. The van der Waals surface area contributed by atoms with Crippen molar-refractivity contribution in [2.24, 2.45) is 0 Å². The second-order valence-electron chi connectivity index (χ2n) is 5.50. The third kappa shape index (κ3) is 7.02. The Morgan fingerprint density at radius 2 is 1.82 bits per heavy atom. The molecule has 0 aromatic carbocycles. The average molecular weight is 241 g/mol. The Balaban J connectivity index is 1.93. The van der Waals surface area contributed by atoms with Crippen molar-refractivity contribution in [3.63, 3.8) is 0 Å². The first-order valence-corrected chi connectivity index (χ1v) is 7.36. The molecule has 1 aliphatic rings. The van der Waals surface area contributed by atoms with E-state index in [1.54, 1.807) is 0 Å². The maximum atomic E-state index is 3.63. The van der Waals surface area contributed by atoms with Gasteiger partial charge in [0.1, 0.15) is 0 Å². The summed E-state index contributed by atoms with van der Waals surface area (Å²) in [6.45, 7) is 12.0. The van der Waals surface area contributed by atoms with Crippen LogP contribution in [0.25, 0.3) is 0 Å². The van der Waals surface area contributed by atoms with Crippen LogP contribution in [-0.4, -0.2) is 62.2 Å². The van der Waals surface area contributed by atoms with Crippen LogP contribution in [0.2, 0.25) is 0 Å². The molecule has 17 heavy (non-hydrogen) atoms. The van der Waals surface area contributed by atoms with Gasteiger partial charge in [0.25, 0.3) is 0 Å². The molecule has 102 valence electrons. The fourth-order valence-electron chi connectivity index (χ4n) is 2.33. The molecule has 0 saturated carbocycles. The van der Waals surface area contributed by atoms with Crippen molar-refractivity contribution in [1.29, 1.82) is 0 Å². The van der Waals surface area contributed by atoms with Crippen LogP contribution in [0.4, 0.5) is 0 Å². The Morgan fingerprint density at radius 3 is 2.47 bits per heavy atom. The molecule has 3 nitrogen and oxygen atoms in total. The topological polar surface area (TPSA) is 18.5 Å². The molecule has 1 N–H and O–H groups in total. The fourth-order valence-corrected chi connectivity index (χ4v) is 2.33. The van der Waals surface area contributed by atoms with E-state index in [9.17, 15) is 0 Å². The van der Waals surface area contributed by atoms with E-state index in [0.29, 0.717) is 6.04 Å². The van der Waals surface area contributed by atoms with Crippen molar-refractivity contribution in [3.05, 3.63) is 0 Å². The van der Waals surface area contributed by atoms with Crippen LogP contribution in [0, 0.1) is 0 Å². The van der Waals surface area contributed by atoms with E-state index >= 15 is 0 Å². The van der Waals surface area contributed by atoms with Gasteiger partial charge in [-0.25, -0.2) is 0 Å². The third-order valence-electron chi connectivity index (χ3n) is 3.73. The van der Waals surface area contributed by atoms with Gasteiger partial charge in [0.2, 0.25) is 0 Å². The summed E-state index contributed by atoms with van der Waals surface area (Å²) < 4.78 is 0. The zero-order valence-corrected chi connectivity index (χ0v) is 12.0. The first kappa shape index (κ1) is 14.9. The quantitative estimate of drug-likeness (QED) is 0.654. The first-order chi connectivity index (χ1) is 8.22. The lowest BCUT2D eigenvalue weighted by Crippen LogP contribution is -2.45. The molecule has 0 bridgehead atoms. The van der Waals surface area contributed by atoms with Gasteiger partial charge in [-0.2, -0.15) is 0 Å². The number of nitrogens with zero attached hydrogens (tertiary/aromatic N) is 2. The molecule has 1 fully saturated rings. The van der Waals surface area contributed by atoms with Crippen molar-refractivity contribution in [2.75, 3.05) is 46.3 Å². The highest BCUT2D eigenvalue weighted by Crippen LogP contribution is 2.01. The molecule has 1 saturated heterocycles. The lowest BCUT2D eigenvalue weighted by atomic mass is 10.1. The van der Waals surface area contributed by atoms with Crippen molar-refractivity contribution in [3.8, 4) is 0 Å². The fraction of sp³-hybridized carbons (Fsp3) is 1.00. The molecule has 0 amide bonds. The minimum absolute atomic E-state index is 0.697. The molecule has 1 heterocycles. The van der Waals surface area contributed by atoms with Gasteiger partial charge in [0, 0.05) is 32.2 Å². The molecule has 0 aromatic heterocycles. The summed E-state index contributed by atoms with van der Waals surface area (Å²) in [6.07, 6.45) is 5.28. The molecule has 1 unspecified atom stereocenters. The summed E-state index contributed by atoms with van der Waals surface area (Å²) >= 11 is 0. The summed E-state index contributed by atoms with van der Waals surface area (Å²) in [7, 11) is 2.22. The monoisotopic (exact) mass is 241 g/mol. The van der Waals surface area contributed by atoms with E-state index in [4.69, 9.17) is 0 Å². The molecule has 1 aliphatic heterocycles. The van der Waals surface area contributed by atoms with E-state index in [1.807, 2.05) is 0 Å². The van der Waals surface area contributed by atoms with E-state index in [2.05, 4.69) is 36.0 Å². The van der Waals surface area contributed by atoms with Crippen molar-refractivity contribution < 1.29 is 0 Å². The Kier molecular flexibility index (Phi) is 7.82. The molecule has 3 heteroatoms. The molecule has 0 aromatic rings. The predicted molar refractivity (Wildman–Crippen MR) is 75.5 cm³/mol. The highest BCUT2D eigenvalue weighted by molar-refractivity contribution is 4.69. The van der Waals surface area contributed by atoms with Crippen LogP contribution >= 0.6 is 0 Å². The van der Waals surface area contributed by atoms with Crippen LogP contribution in [0.1, 0.15) is 39.5 Å². The predicted octanol–water partition coefficient (Wildman–Crippen LogP) is 1.79. The summed E-state index contributed by atoms with van der Waals surface area (Å²) in [4.78, 5) is 5.01. The summed E-state index contributed by atoms with van der Waals surface area (Å²) in [5.74, 6) is 0. The molecule has 0 aliphatic carbocycles. The number of piperazine rings is 1. The molecule has 0 radical (unpaired) electrons. The van der Waals surface area contributed by atoms with Crippen LogP contribution in [0.3, 0.4) is 0 Å². The second-order valence-corrected chi connectivity index (χ2v) is 5.50. The van der Waals surface area contributed by atoms with Crippen LogP contribution in [-0.2, 0) is 0 Å². The minimum atomic E-state index is 0.697. The van der Waals surface area contributed by atoms with Crippen molar-refractivity contribution >= 4 is 0 Å². The van der Waals surface area contributed by atoms with Crippen LogP contribution < -0.4 is 5.32 Å². The van der Waals surface area contributed by atoms with Gasteiger partial charge in [-0.1, -0.05) is 19.8 Å². The summed E-state index contributed by atoms with van der Waals surface area (Å²) in [6, 6.07) is 0.697.